The van der Waals surface area contributed by atoms with Gasteiger partial charge >= 0.3 is 0 Å². The number of rotatable bonds is 4. The van der Waals surface area contributed by atoms with Crippen molar-refractivity contribution >= 4 is 11.7 Å². The second-order valence-electron chi connectivity index (χ2n) is 9.83. The Morgan fingerprint density at radius 1 is 1.17 bits per heavy atom. The molecular weight excluding hydrogens is 372 g/mol. The Balaban J connectivity index is 1.54. The van der Waals surface area contributed by atoms with Gasteiger partial charge in [-0.3, -0.25) is 4.79 Å². The van der Waals surface area contributed by atoms with Gasteiger partial charge in [-0.15, -0.1) is 0 Å². The molecule has 2 fully saturated rings. The highest BCUT2D eigenvalue weighted by Crippen LogP contribution is 2.63. The molecule has 0 N–H and O–H groups in total. The second kappa shape index (κ2) is 7.71. The van der Waals surface area contributed by atoms with E-state index in [1.54, 1.807) is 11.5 Å². The topological polar surface area (TPSA) is 43.4 Å². The number of hydrogen-bond donors (Lipinski definition) is 0. The van der Waals surface area contributed by atoms with Crippen LogP contribution >= 0.6 is 0 Å². The van der Waals surface area contributed by atoms with Crippen molar-refractivity contribution in [3.8, 4) is 5.75 Å². The summed E-state index contributed by atoms with van der Waals surface area (Å²) in [7, 11) is 0. The van der Waals surface area contributed by atoms with E-state index in [9.17, 15) is 9.59 Å². The third kappa shape index (κ3) is 3.30. The molecule has 4 atom stereocenters. The highest BCUT2D eigenvalue weighted by Gasteiger charge is 2.52. The molecule has 0 heterocycles. The van der Waals surface area contributed by atoms with Crippen molar-refractivity contribution in [2.45, 2.75) is 64.2 Å². The van der Waals surface area contributed by atoms with Crippen LogP contribution < -0.4 is 4.74 Å². The zero-order valence-electron chi connectivity index (χ0n) is 17.8. The van der Waals surface area contributed by atoms with E-state index in [1.807, 2.05) is 18.2 Å². The lowest BCUT2D eigenvalue weighted by Gasteiger charge is -2.51. The minimum Gasteiger partial charge on any atom is -0.489 e. The molecule has 0 unspecified atom stereocenters. The van der Waals surface area contributed by atoms with Gasteiger partial charge in [-0.2, -0.15) is 0 Å². The molecule has 3 nitrogen and oxygen atoms in total. The second-order valence-corrected chi connectivity index (χ2v) is 9.83. The Labute approximate surface area is 178 Å². The number of ether oxygens (including phenoxy) is 1. The Kier molecular flexibility index (Phi) is 5.03. The van der Waals surface area contributed by atoms with Gasteiger partial charge in [0, 0.05) is 18.4 Å². The van der Waals surface area contributed by atoms with Crippen LogP contribution in [0.2, 0.25) is 0 Å². The Bertz CT molecular complexity index is 960. The van der Waals surface area contributed by atoms with Crippen molar-refractivity contribution in [1.82, 2.24) is 0 Å². The number of benzene rings is 1. The molecule has 5 rings (SSSR count). The average molecular weight is 403 g/mol. The minimum atomic E-state index is 0.256. The van der Waals surface area contributed by atoms with Gasteiger partial charge in [0.05, 0.1) is 0 Å². The van der Waals surface area contributed by atoms with Crippen LogP contribution in [0.5, 0.6) is 5.75 Å². The lowest BCUT2D eigenvalue weighted by molar-refractivity contribution is -0.114. The lowest BCUT2D eigenvalue weighted by atomic mass is 9.53. The van der Waals surface area contributed by atoms with Gasteiger partial charge in [0.1, 0.15) is 18.3 Å². The van der Waals surface area contributed by atoms with Crippen molar-refractivity contribution in [3.63, 3.8) is 0 Å². The minimum absolute atomic E-state index is 0.256. The van der Waals surface area contributed by atoms with E-state index >= 15 is 0 Å². The third-order valence-corrected chi connectivity index (χ3v) is 8.21. The molecule has 3 heteroatoms. The zero-order valence-corrected chi connectivity index (χ0v) is 17.8. The van der Waals surface area contributed by atoms with Gasteiger partial charge in [0.15, 0.2) is 5.78 Å². The summed E-state index contributed by atoms with van der Waals surface area (Å²) in [6, 6.07) is 8.47. The molecule has 4 aliphatic rings. The highest BCUT2D eigenvalue weighted by atomic mass is 16.5. The van der Waals surface area contributed by atoms with Crippen LogP contribution in [-0.2, 0) is 9.59 Å². The number of carbonyl (C=O) groups excluding carboxylic acids is 2. The number of carbonyl (C=O) groups is 1. The van der Waals surface area contributed by atoms with Crippen LogP contribution in [0.1, 0.15) is 69.8 Å². The van der Waals surface area contributed by atoms with Gasteiger partial charge in [0.2, 0.25) is 0 Å². The largest absolute Gasteiger partial charge is 0.489 e. The Hall–Kier alpha value is -2.38. The fourth-order valence-electron chi connectivity index (χ4n) is 6.93. The molecule has 0 aromatic heterocycles. The normalized spacial score (nSPS) is 32.5. The summed E-state index contributed by atoms with van der Waals surface area (Å²) in [5.74, 6) is 4.75. The van der Waals surface area contributed by atoms with Gasteiger partial charge in [-0.1, -0.05) is 31.1 Å². The smallest absolute Gasteiger partial charge is 0.156 e. The molecule has 156 valence electrons. The van der Waals surface area contributed by atoms with Crippen molar-refractivity contribution in [3.05, 3.63) is 58.7 Å². The maximum atomic E-state index is 12.1. The maximum absolute atomic E-state index is 12.1. The van der Waals surface area contributed by atoms with Gasteiger partial charge < -0.3 is 4.74 Å². The van der Waals surface area contributed by atoms with E-state index in [1.165, 1.54) is 54.9 Å². The summed E-state index contributed by atoms with van der Waals surface area (Å²) in [5.41, 5.74) is 6.29. The van der Waals surface area contributed by atoms with Crippen LogP contribution in [0.15, 0.2) is 53.1 Å². The van der Waals surface area contributed by atoms with Crippen molar-refractivity contribution in [2.75, 3.05) is 6.61 Å². The number of allylic oxidation sites excluding steroid dienone is 4. The van der Waals surface area contributed by atoms with Crippen LogP contribution in [0.25, 0.3) is 0 Å². The molecule has 0 bridgehead atoms. The predicted molar refractivity (Wildman–Crippen MR) is 117 cm³/mol. The lowest BCUT2D eigenvalue weighted by Crippen LogP contribution is -2.40. The SMILES string of the molecule is C[C@@]12CCC[C@H]1[C@@H]1CCC3=CC(=O)CCC3=C1[C@@H](c1ccc(OCC=C=O)cc1)C2. The van der Waals surface area contributed by atoms with Crippen molar-refractivity contribution in [1.29, 1.82) is 0 Å². The molecule has 2 saturated carbocycles. The third-order valence-electron chi connectivity index (χ3n) is 8.21. The molecule has 0 radical (unpaired) electrons. The van der Waals surface area contributed by atoms with Crippen LogP contribution in [0.4, 0.5) is 0 Å². The fraction of sp³-hybridized carbons (Fsp3) is 0.519. The molecule has 30 heavy (non-hydrogen) atoms. The van der Waals surface area contributed by atoms with Crippen LogP contribution in [0.3, 0.4) is 0 Å². The summed E-state index contributed by atoms with van der Waals surface area (Å²) in [6.45, 7) is 2.78. The fourth-order valence-corrected chi connectivity index (χ4v) is 6.93. The predicted octanol–water partition coefficient (Wildman–Crippen LogP) is 5.74. The van der Waals surface area contributed by atoms with Crippen LogP contribution in [0, 0.1) is 17.3 Å². The van der Waals surface area contributed by atoms with Gasteiger partial charge in [0.25, 0.3) is 0 Å². The standard InChI is InChI=1S/C27H30O3/c1-27-13-2-4-25(27)23-11-7-19-16-20(29)8-12-22(19)26(23)24(17-27)18-5-9-21(10-6-18)30-15-3-14-28/h3,5-6,9-10,16,23-25H,2,4,7-8,11-13,15,17H2,1H3/t23-,24+,25-,27-/m0/s1. The van der Waals surface area contributed by atoms with Gasteiger partial charge in [-0.05, 0) is 90.7 Å². The van der Waals surface area contributed by atoms with Gasteiger partial charge in [-0.25, -0.2) is 4.79 Å². The highest BCUT2D eigenvalue weighted by molar-refractivity contribution is 5.93. The van der Waals surface area contributed by atoms with E-state index in [0.29, 0.717) is 29.5 Å². The number of hydrogen-bond acceptors (Lipinski definition) is 3. The monoisotopic (exact) mass is 402 g/mol. The first-order valence-corrected chi connectivity index (χ1v) is 11.5. The summed E-state index contributed by atoms with van der Waals surface area (Å²) in [6.07, 6.45) is 12.4. The molecular formula is C27H30O3. The Morgan fingerprint density at radius 3 is 2.80 bits per heavy atom. The molecule has 0 amide bonds. The summed E-state index contributed by atoms with van der Waals surface area (Å²) >= 11 is 0. The van der Waals surface area contributed by atoms with E-state index in [2.05, 4.69) is 19.1 Å². The summed E-state index contributed by atoms with van der Waals surface area (Å²) in [4.78, 5) is 22.4. The molecule has 0 spiro atoms. The van der Waals surface area contributed by atoms with Crippen molar-refractivity contribution in [2.24, 2.45) is 17.3 Å². The quantitative estimate of drug-likeness (QED) is 0.603. The van der Waals surface area contributed by atoms with Crippen LogP contribution in [-0.4, -0.2) is 18.3 Å². The van der Waals surface area contributed by atoms with E-state index in [0.717, 1.165) is 24.5 Å². The summed E-state index contributed by atoms with van der Waals surface area (Å²) in [5, 5.41) is 0. The molecule has 1 aromatic carbocycles. The van der Waals surface area contributed by atoms with E-state index < -0.39 is 0 Å². The molecule has 1 aromatic rings. The number of ketones is 1. The first kappa shape index (κ1) is 19.6. The summed E-state index contributed by atoms with van der Waals surface area (Å²) < 4.78 is 5.61. The first-order valence-electron chi connectivity index (χ1n) is 11.5. The number of fused-ring (bicyclic) bond motifs is 4. The van der Waals surface area contributed by atoms with E-state index in [4.69, 9.17) is 4.74 Å². The molecule has 4 aliphatic carbocycles. The molecule has 0 saturated heterocycles. The molecule has 0 aliphatic heterocycles. The average Bonchev–Trinajstić information content (AvgIpc) is 3.15. The zero-order chi connectivity index (χ0) is 20.7. The Morgan fingerprint density at radius 2 is 2.00 bits per heavy atom. The maximum Gasteiger partial charge on any atom is 0.156 e. The first-order chi connectivity index (χ1) is 14.6. The van der Waals surface area contributed by atoms with Crippen molar-refractivity contribution < 1.29 is 14.3 Å². The van der Waals surface area contributed by atoms with E-state index in [-0.39, 0.29) is 6.61 Å².